The van der Waals surface area contributed by atoms with Gasteiger partial charge in [-0.2, -0.15) is 0 Å². The van der Waals surface area contributed by atoms with E-state index >= 15 is 0 Å². The average molecular weight is 227 g/mol. The fraction of sp³-hybridized carbons (Fsp3) is 0.667. The van der Waals surface area contributed by atoms with E-state index in [-0.39, 0.29) is 29.3 Å². The zero-order valence-corrected chi connectivity index (χ0v) is 11.0. The van der Waals surface area contributed by atoms with Crippen LogP contribution in [0.5, 0.6) is 0 Å². The fourth-order valence-electron chi connectivity index (χ4n) is 0.977. The van der Waals surface area contributed by atoms with E-state index in [1.54, 1.807) is 19.0 Å². The molecule has 4 heteroatoms. The molecule has 0 aromatic rings. The van der Waals surface area contributed by atoms with E-state index in [9.17, 15) is 9.59 Å². The lowest BCUT2D eigenvalue weighted by Gasteiger charge is -2.19. The molecular weight excluding hydrogens is 206 g/mol. The molecule has 0 aliphatic heterocycles. The molecule has 0 aliphatic rings. The van der Waals surface area contributed by atoms with Crippen LogP contribution in [0.1, 0.15) is 27.7 Å². The molecule has 0 aliphatic carbocycles. The predicted octanol–water partition coefficient (Wildman–Crippen LogP) is 1.41. The van der Waals surface area contributed by atoms with Crippen LogP contribution in [0.3, 0.4) is 0 Å². The number of hydrogen-bond donors (Lipinski definition) is 0. The first-order chi connectivity index (χ1) is 7.13. The maximum Gasteiger partial charge on any atom is 0.193 e. The van der Waals surface area contributed by atoms with E-state index in [4.69, 9.17) is 4.74 Å². The first-order valence-electron chi connectivity index (χ1n) is 5.20. The molecule has 92 valence electrons. The van der Waals surface area contributed by atoms with Gasteiger partial charge in [0.05, 0.1) is 11.2 Å². The van der Waals surface area contributed by atoms with Crippen LogP contribution < -0.4 is 0 Å². The van der Waals surface area contributed by atoms with Gasteiger partial charge in [-0.15, -0.1) is 0 Å². The van der Waals surface area contributed by atoms with Gasteiger partial charge in [0.25, 0.3) is 0 Å². The van der Waals surface area contributed by atoms with Crippen molar-refractivity contribution in [3.63, 3.8) is 0 Å². The highest BCUT2D eigenvalue weighted by Crippen LogP contribution is 2.08. The molecule has 0 rings (SSSR count). The van der Waals surface area contributed by atoms with Crippen molar-refractivity contribution in [3.05, 3.63) is 11.8 Å². The highest BCUT2D eigenvalue weighted by atomic mass is 16.5. The third kappa shape index (κ3) is 6.35. The van der Waals surface area contributed by atoms with Gasteiger partial charge in [-0.3, -0.25) is 9.59 Å². The molecule has 0 unspecified atom stereocenters. The summed E-state index contributed by atoms with van der Waals surface area (Å²) in [5.74, 6) is -0.521. The monoisotopic (exact) mass is 227 g/mol. The van der Waals surface area contributed by atoms with Gasteiger partial charge in [-0.1, -0.05) is 0 Å². The number of ketones is 2. The summed E-state index contributed by atoms with van der Waals surface area (Å²) >= 11 is 0. The second-order valence-electron chi connectivity index (χ2n) is 4.89. The highest BCUT2D eigenvalue weighted by Gasteiger charge is 2.18. The third-order valence-corrected chi connectivity index (χ3v) is 1.70. The first-order valence-corrected chi connectivity index (χ1v) is 5.20. The molecule has 0 N–H and O–H groups in total. The number of carbonyl (C=O) groups is 2. The Hall–Kier alpha value is -1.16. The Kier molecular flexibility index (Phi) is 5.38. The van der Waals surface area contributed by atoms with Crippen molar-refractivity contribution in [2.75, 3.05) is 20.7 Å². The lowest BCUT2D eigenvalue weighted by Crippen LogP contribution is -2.26. The van der Waals surface area contributed by atoms with Gasteiger partial charge in [0.1, 0.15) is 6.61 Å². The van der Waals surface area contributed by atoms with Crippen LogP contribution in [0.2, 0.25) is 0 Å². The summed E-state index contributed by atoms with van der Waals surface area (Å²) in [5, 5.41) is 0. The molecular formula is C12H21NO3. The van der Waals surface area contributed by atoms with Gasteiger partial charge in [0.15, 0.2) is 11.6 Å². The van der Waals surface area contributed by atoms with Crippen LogP contribution >= 0.6 is 0 Å². The standard InChI is InChI=1S/C12H21NO3/c1-9(14)10(7-13(5)6)11(15)8-16-12(2,3)4/h7H,8H2,1-6H3/b10-7+. The second-order valence-corrected chi connectivity index (χ2v) is 4.89. The smallest absolute Gasteiger partial charge is 0.193 e. The summed E-state index contributed by atoms with van der Waals surface area (Å²) in [6.07, 6.45) is 1.52. The van der Waals surface area contributed by atoms with Crippen LogP contribution in [0.25, 0.3) is 0 Å². The van der Waals surface area contributed by atoms with E-state index in [2.05, 4.69) is 0 Å². The zero-order chi connectivity index (χ0) is 12.9. The minimum atomic E-state index is -0.379. The van der Waals surface area contributed by atoms with Gasteiger partial charge in [-0.25, -0.2) is 0 Å². The lowest BCUT2D eigenvalue weighted by molar-refractivity contribution is -0.127. The van der Waals surface area contributed by atoms with Crippen molar-refractivity contribution in [1.29, 1.82) is 0 Å². The molecule has 4 nitrogen and oxygen atoms in total. The molecule has 0 radical (unpaired) electrons. The SMILES string of the molecule is CC(=O)/C(=C\N(C)C)C(=O)COC(C)(C)C. The molecule has 0 saturated carbocycles. The fourth-order valence-corrected chi connectivity index (χ4v) is 0.977. The van der Waals surface area contributed by atoms with E-state index < -0.39 is 0 Å². The van der Waals surface area contributed by atoms with E-state index in [1.807, 2.05) is 20.8 Å². The van der Waals surface area contributed by atoms with Crippen LogP contribution in [0.15, 0.2) is 11.8 Å². The lowest BCUT2D eigenvalue weighted by atomic mass is 10.1. The summed E-state index contributed by atoms with van der Waals surface area (Å²) in [7, 11) is 3.53. The van der Waals surface area contributed by atoms with Gasteiger partial charge >= 0.3 is 0 Å². The van der Waals surface area contributed by atoms with Gasteiger partial charge in [-0.05, 0) is 27.7 Å². The Balaban J connectivity index is 4.60. The largest absolute Gasteiger partial charge is 0.383 e. The van der Waals surface area contributed by atoms with E-state index in [1.165, 1.54) is 13.1 Å². The Morgan fingerprint density at radius 3 is 2.06 bits per heavy atom. The van der Waals surface area contributed by atoms with Crippen LogP contribution in [-0.4, -0.2) is 42.8 Å². The molecule has 0 fully saturated rings. The normalized spacial score (nSPS) is 12.5. The van der Waals surface area contributed by atoms with E-state index in [0.29, 0.717) is 0 Å². The Bertz CT molecular complexity index is 298. The molecule has 0 heterocycles. The summed E-state index contributed by atoms with van der Waals surface area (Å²) in [6, 6.07) is 0. The van der Waals surface area contributed by atoms with Crippen molar-refractivity contribution in [1.82, 2.24) is 4.90 Å². The Labute approximate surface area is 97.3 Å². The second kappa shape index (κ2) is 5.80. The number of nitrogens with zero attached hydrogens (tertiary/aromatic N) is 1. The first kappa shape index (κ1) is 14.8. The van der Waals surface area contributed by atoms with E-state index in [0.717, 1.165) is 0 Å². The minimum Gasteiger partial charge on any atom is -0.383 e. The molecule has 0 atom stereocenters. The summed E-state index contributed by atoms with van der Waals surface area (Å²) in [6.45, 7) is 6.91. The van der Waals surface area contributed by atoms with Gasteiger partial charge in [0, 0.05) is 20.3 Å². The molecule has 0 saturated heterocycles. The maximum absolute atomic E-state index is 11.7. The predicted molar refractivity (Wildman–Crippen MR) is 63.2 cm³/mol. The number of carbonyl (C=O) groups excluding carboxylic acids is 2. The minimum absolute atomic E-state index is 0.0667. The van der Waals surface area contributed by atoms with Crippen molar-refractivity contribution in [2.24, 2.45) is 0 Å². The third-order valence-electron chi connectivity index (χ3n) is 1.70. The van der Waals surface area contributed by atoms with Crippen LogP contribution in [-0.2, 0) is 14.3 Å². The number of ether oxygens (including phenoxy) is 1. The molecule has 0 amide bonds. The zero-order valence-electron chi connectivity index (χ0n) is 11.0. The van der Waals surface area contributed by atoms with Crippen molar-refractivity contribution >= 4 is 11.6 Å². The van der Waals surface area contributed by atoms with Crippen LogP contribution in [0.4, 0.5) is 0 Å². The summed E-state index contributed by atoms with van der Waals surface area (Å²) in [5.41, 5.74) is -0.204. The van der Waals surface area contributed by atoms with Crippen molar-refractivity contribution < 1.29 is 14.3 Å². The quantitative estimate of drug-likeness (QED) is 0.405. The Morgan fingerprint density at radius 1 is 1.25 bits per heavy atom. The summed E-state index contributed by atoms with van der Waals surface area (Å²) in [4.78, 5) is 24.7. The summed E-state index contributed by atoms with van der Waals surface area (Å²) < 4.78 is 5.34. The molecule has 0 bridgehead atoms. The van der Waals surface area contributed by atoms with Gasteiger partial charge < -0.3 is 9.64 Å². The average Bonchev–Trinajstić information content (AvgIpc) is 2.08. The highest BCUT2D eigenvalue weighted by molar-refractivity contribution is 6.19. The molecule has 0 spiro atoms. The van der Waals surface area contributed by atoms with Crippen molar-refractivity contribution in [3.8, 4) is 0 Å². The van der Waals surface area contributed by atoms with Gasteiger partial charge in [0.2, 0.25) is 0 Å². The molecule has 0 aromatic heterocycles. The molecule has 0 aromatic carbocycles. The number of hydrogen-bond acceptors (Lipinski definition) is 4. The topological polar surface area (TPSA) is 46.6 Å². The number of Topliss-reactive ketones (excluding diaryl/α,β-unsaturated/α-hetero) is 2. The van der Waals surface area contributed by atoms with Crippen molar-refractivity contribution in [2.45, 2.75) is 33.3 Å². The maximum atomic E-state index is 11.7. The number of rotatable bonds is 5. The van der Waals surface area contributed by atoms with Crippen LogP contribution in [0, 0.1) is 0 Å². The molecule has 16 heavy (non-hydrogen) atoms. The Morgan fingerprint density at radius 2 is 1.75 bits per heavy atom.